The minimum Gasteiger partial charge on any atom is -0.288 e. The van der Waals surface area contributed by atoms with Crippen LogP contribution in [0.3, 0.4) is 0 Å². The Morgan fingerprint density at radius 2 is 1.44 bits per heavy atom. The normalized spacial score (nSPS) is 16.5. The molecule has 0 radical (unpaired) electrons. The standard InChI is InChI=1S/C24H24N2O/c1-24(2,3)25-22-20-15-14-18(17-10-6-4-7-11-17)16-21(20)23(27)26(22)19-12-8-5-9-13-19/h4-16,22,25H,1-3H3. The summed E-state index contributed by atoms with van der Waals surface area (Å²) < 4.78 is 0. The Labute approximate surface area is 160 Å². The first-order valence-corrected chi connectivity index (χ1v) is 9.30. The molecule has 1 aliphatic heterocycles. The van der Waals surface area contributed by atoms with Gasteiger partial charge in [0.15, 0.2) is 0 Å². The second-order valence-corrected chi connectivity index (χ2v) is 7.98. The highest BCUT2D eigenvalue weighted by Gasteiger charge is 2.39. The molecule has 3 heteroatoms. The summed E-state index contributed by atoms with van der Waals surface area (Å²) >= 11 is 0. The van der Waals surface area contributed by atoms with Crippen molar-refractivity contribution >= 4 is 11.6 Å². The van der Waals surface area contributed by atoms with Crippen molar-refractivity contribution in [3.63, 3.8) is 0 Å². The zero-order valence-corrected chi connectivity index (χ0v) is 15.9. The number of para-hydroxylation sites is 1. The number of amides is 1. The van der Waals surface area contributed by atoms with Crippen LogP contribution in [0, 0.1) is 0 Å². The van der Waals surface area contributed by atoms with Gasteiger partial charge in [-0.2, -0.15) is 0 Å². The van der Waals surface area contributed by atoms with Gasteiger partial charge in [-0.15, -0.1) is 0 Å². The van der Waals surface area contributed by atoms with Crippen LogP contribution in [0.4, 0.5) is 5.69 Å². The maximum Gasteiger partial charge on any atom is 0.260 e. The van der Waals surface area contributed by atoms with Gasteiger partial charge in [-0.25, -0.2) is 0 Å². The van der Waals surface area contributed by atoms with Crippen molar-refractivity contribution in [3.05, 3.63) is 90.0 Å². The summed E-state index contributed by atoms with van der Waals surface area (Å²) in [5.74, 6) is 0.0377. The van der Waals surface area contributed by atoms with Crippen molar-refractivity contribution in [1.82, 2.24) is 5.32 Å². The summed E-state index contributed by atoms with van der Waals surface area (Å²) in [6, 6.07) is 26.3. The molecule has 0 fully saturated rings. The van der Waals surface area contributed by atoms with Crippen LogP contribution in [-0.2, 0) is 0 Å². The van der Waals surface area contributed by atoms with Gasteiger partial charge in [-0.05, 0) is 50.1 Å². The quantitative estimate of drug-likeness (QED) is 0.681. The summed E-state index contributed by atoms with van der Waals surface area (Å²) in [4.78, 5) is 15.2. The Bertz CT molecular complexity index is 959. The lowest BCUT2D eigenvalue weighted by molar-refractivity contribution is 0.0985. The van der Waals surface area contributed by atoms with E-state index in [2.05, 4.69) is 50.4 Å². The number of carbonyl (C=O) groups is 1. The van der Waals surface area contributed by atoms with Crippen molar-refractivity contribution in [2.24, 2.45) is 0 Å². The van der Waals surface area contributed by atoms with Crippen molar-refractivity contribution < 1.29 is 4.79 Å². The zero-order valence-electron chi connectivity index (χ0n) is 15.9. The van der Waals surface area contributed by atoms with Crippen molar-refractivity contribution in [1.29, 1.82) is 0 Å². The summed E-state index contributed by atoms with van der Waals surface area (Å²) in [5, 5.41) is 3.62. The molecule has 0 bridgehead atoms. The largest absolute Gasteiger partial charge is 0.288 e. The van der Waals surface area contributed by atoms with Crippen molar-refractivity contribution in [2.45, 2.75) is 32.5 Å². The van der Waals surface area contributed by atoms with Crippen LogP contribution in [0.1, 0.15) is 42.9 Å². The van der Waals surface area contributed by atoms with Gasteiger partial charge < -0.3 is 0 Å². The molecule has 0 spiro atoms. The molecule has 0 aromatic heterocycles. The first-order valence-electron chi connectivity index (χ1n) is 9.30. The predicted molar refractivity (Wildman–Crippen MR) is 111 cm³/mol. The summed E-state index contributed by atoms with van der Waals surface area (Å²) in [6.45, 7) is 6.37. The van der Waals surface area contributed by atoms with E-state index >= 15 is 0 Å². The monoisotopic (exact) mass is 356 g/mol. The molecule has 3 nitrogen and oxygen atoms in total. The van der Waals surface area contributed by atoms with E-state index in [9.17, 15) is 4.79 Å². The maximum absolute atomic E-state index is 13.4. The Morgan fingerprint density at radius 1 is 0.815 bits per heavy atom. The van der Waals surface area contributed by atoms with Crippen LogP contribution >= 0.6 is 0 Å². The summed E-state index contributed by atoms with van der Waals surface area (Å²) in [5.41, 5.74) is 4.75. The Balaban J connectivity index is 1.81. The number of benzene rings is 3. The van der Waals surface area contributed by atoms with Gasteiger partial charge in [0.25, 0.3) is 5.91 Å². The molecule has 0 aliphatic carbocycles. The van der Waals surface area contributed by atoms with E-state index in [-0.39, 0.29) is 17.6 Å². The number of hydrogen-bond donors (Lipinski definition) is 1. The number of nitrogens with one attached hydrogen (secondary N) is 1. The van der Waals surface area contributed by atoms with Crippen LogP contribution in [0.25, 0.3) is 11.1 Å². The highest BCUT2D eigenvalue weighted by Crippen LogP contribution is 2.38. The maximum atomic E-state index is 13.4. The van der Waals surface area contributed by atoms with Gasteiger partial charge in [-0.3, -0.25) is 15.0 Å². The molecule has 1 heterocycles. The number of carbonyl (C=O) groups excluding carboxylic acids is 1. The van der Waals surface area contributed by atoms with Gasteiger partial charge in [0, 0.05) is 22.4 Å². The number of anilines is 1. The van der Waals surface area contributed by atoms with E-state index in [4.69, 9.17) is 0 Å². The molecule has 4 rings (SSSR count). The lowest BCUT2D eigenvalue weighted by Gasteiger charge is -2.32. The molecular formula is C24H24N2O. The lowest BCUT2D eigenvalue weighted by atomic mass is 9.99. The van der Waals surface area contributed by atoms with Crippen molar-refractivity contribution in [2.75, 3.05) is 4.90 Å². The average Bonchev–Trinajstić information content (AvgIpc) is 2.93. The highest BCUT2D eigenvalue weighted by atomic mass is 16.2. The fourth-order valence-electron chi connectivity index (χ4n) is 3.58. The summed E-state index contributed by atoms with van der Waals surface area (Å²) in [6.07, 6.45) is -0.181. The number of rotatable bonds is 3. The van der Waals surface area contributed by atoms with Crippen LogP contribution in [0.2, 0.25) is 0 Å². The third-order valence-electron chi connectivity index (χ3n) is 4.77. The summed E-state index contributed by atoms with van der Waals surface area (Å²) in [7, 11) is 0. The topological polar surface area (TPSA) is 32.3 Å². The van der Waals surface area contributed by atoms with Gasteiger partial charge in [0.1, 0.15) is 6.17 Å². The molecule has 1 unspecified atom stereocenters. The Morgan fingerprint density at radius 3 is 2.07 bits per heavy atom. The lowest BCUT2D eigenvalue weighted by Crippen LogP contribution is -2.45. The molecule has 0 saturated heterocycles. The molecule has 1 amide bonds. The predicted octanol–water partition coefficient (Wildman–Crippen LogP) is 5.40. The van der Waals surface area contributed by atoms with Crippen LogP contribution in [0.5, 0.6) is 0 Å². The third-order valence-corrected chi connectivity index (χ3v) is 4.77. The van der Waals surface area contributed by atoms with E-state index in [1.807, 2.05) is 59.5 Å². The molecule has 1 atom stereocenters. The second-order valence-electron chi connectivity index (χ2n) is 7.98. The second kappa shape index (κ2) is 6.67. The number of hydrogen-bond acceptors (Lipinski definition) is 2. The molecule has 0 saturated carbocycles. The van der Waals surface area contributed by atoms with Crippen molar-refractivity contribution in [3.8, 4) is 11.1 Å². The van der Waals surface area contributed by atoms with E-state index in [1.54, 1.807) is 0 Å². The molecule has 1 N–H and O–H groups in total. The van der Waals surface area contributed by atoms with E-state index in [1.165, 1.54) is 0 Å². The molecule has 27 heavy (non-hydrogen) atoms. The molecule has 1 aliphatic rings. The van der Waals surface area contributed by atoms with E-state index in [0.717, 1.165) is 27.9 Å². The van der Waals surface area contributed by atoms with Crippen LogP contribution in [0.15, 0.2) is 78.9 Å². The first kappa shape index (κ1) is 17.5. The zero-order chi connectivity index (χ0) is 19.0. The van der Waals surface area contributed by atoms with Gasteiger partial charge in [0.2, 0.25) is 0 Å². The number of fused-ring (bicyclic) bond motifs is 1. The van der Waals surface area contributed by atoms with Crippen LogP contribution < -0.4 is 10.2 Å². The van der Waals surface area contributed by atoms with Gasteiger partial charge in [-0.1, -0.05) is 60.7 Å². The average molecular weight is 356 g/mol. The Hall–Kier alpha value is -2.91. The molecule has 136 valence electrons. The van der Waals surface area contributed by atoms with Gasteiger partial charge >= 0.3 is 0 Å². The molecular weight excluding hydrogens is 332 g/mol. The SMILES string of the molecule is CC(C)(C)NC1c2ccc(-c3ccccc3)cc2C(=O)N1c1ccccc1. The molecule has 3 aromatic rings. The smallest absolute Gasteiger partial charge is 0.260 e. The van der Waals surface area contributed by atoms with Gasteiger partial charge in [0.05, 0.1) is 0 Å². The molecule has 3 aromatic carbocycles. The minimum absolute atomic E-state index is 0.0377. The fraction of sp³-hybridized carbons (Fsp3) is 0.208. The fourth-order valence-corrected chi connectivity index (χ4v) is 3.58. The third kappa shape index (κ3) is 3.38. The Kier molecular flexibility index (Phi) is 4.33. The highest BCUT2D eigenvalue weighted by molar-refractivity contribution is 6.11. The first-order chi connectivity index (χ1) is 12.9. The minimum atomic E-state index is -0.181. The van der Waals surface area contributed by atoms with E-state index < -0.39 is 0 Å². The van der Waals surface area contributed by atoms with E-state index in [0.29, 0.717) is 0 Å². The number of nitrogens with zero attached hydrogens (tertiary/aromatic N) is 1. The van der Waals surface area contributed by atoms with Crippen LogP contribution in [-0.4, -0.2) is 11.4 Å².